The van der Waals surface area contributed by atoms with E-state index in [4.69, 9.17) is 0 Å². The van der Waals surface area contributed by atoms with Crippen LogP contribution in [0.3, 0.4) is 0 Å². The number of nitrogens with zero attached hydrogens (tertiary/aromatic N) is 3. The van der Waals surface area contributed by atoms with Gasteiger partial charge in [-0.05, 0) is 43.3 Å². The van der Waals surface area contributed by atoms with Gasteiger partial charge in [0.15, 0.2) is 0 Å². The molecular formula is C18H15N5O. The van der Waals surface area contributed by atoms with Gasteiger partial charge in [-0.2, -0.15) is 0 Å². The van der Waals surface area contributed by atoms with Crippen LogP contribution in [0, 0.1) is 6.92 Å². The number of aryl methyl sites for hydroxylation is 1. The SMILES string of the molecule is Cc1nccn1-c1ccc(NC(=O)c2ccc3[nH]ccc3c2)cn1. The first-order valence-corrected chi connectivity index (χ1v) is 7.55. The fraction of sp³-hybridized carbons (Fsp3) is 0.0556. The molecule has 24 heavy (non-hydrogen) atoms. The Morgan fingerprint density at radius 3 is 2.83 bits per heavy atom. The van der Waals surface area contributed by atoms with Crippen molar-refractivity contribution in [3.8, 4) is 5.82 Å². The Kier molecular flexibility index (Phi) is 3.35. The highest BCUT2D eigenvalue weighted by molar-refractivity contribution is 6.06. The number of carbonyl (C=O) groups excluding carboxylic acids is 1. The molecule has 0 saturated heterocycles. The molecule has 1 aromatic carbocycles. The van der Waals surface area contributed by atoms with Gasteiger partial charge in [0.25, 0.3) is 5.91 Å². The second kappa shape index (κ2) is 5.66. The zero-order valence-electron chi connectivity index (χ0n) is 13.0. The molecule has 0 atom stereocenters. The summed E-state index contributed by atoms with van der Waals surface area (Å²) in [6.07, 6.45) is 7.07. The van der Waals surface area contributed by atoms with Crippen molar-refractivity contribution >= 4 is 22.5 Å². The van der Waals surface area contributed by atoms with Gasteiger partial charge in [0, 0.05) is 35.1 Å². The van der Waals surface area contributed by atoms with Gasteiger partial charge < -0.3 is 10.3 Å². The highest BCUT2D eigenvalue weighted by atomic mass is 16.1. The molecule has 2 N–H and O–H groups in total. The molecule has 0 bridgehead atoms. The number of imidazole rings is 1. The third-order valence-corrected chi connectivity index (χ3v) is 3.89. The van der Waals surface area contributed by atoms with Gasteiger partial charge >= 0.3 is 0 Å². The first-order valence-electron chi connectivity index (χ1n) is 7.55. The van der Waals surface area contributed by atoms with E-state index in [0.29, 0.717) is 11.3 Å². The number of carbonyl (C=O) groups is 1. The van der Waals surface area contributed by atoms with E-state index < -0.39 is 0 Å². The molecule has 0 aliphatic carbocycles. The van der Waals surface area contributed by atoms with Gasteiger partial charge in [-0.15, -0.1) is 0 Å². The fourth-order valence-electron chi connectivity index (χ4n) is 2.62. The number of rotatable bonds is 3. The van der Waals surface area contributed by atoms with E-state index in [1.807, 2.05) is 54.2 Å². The van der Waals surface area contributed by atoms with E-state index in [0.717, 1.165) is 22.5 Å². The first kappa shape index (κ1) is 14.2. The molecule has 0 fully saturated rings. The van der Waals surface area contributed by atoms with Crippen LogP contribution >= 0.6 is 0 Å². The quantitative estimate of drug-likeness (QED) is 0.608. The highest BCUT2D eigenvalue weighted by Crippen LogP contribution is 2.16. The maximum Gasteiger partial charge on any atom is 0.255 e. The number of aromatic nitrogens is 4. The van der Waals surface area contributed by atoms with Crippen molar-refractivity contribution < 1.29 is 4.79 Å². The topological polar surface area (TPSA) is 75.6 Å². The minimum Gasteiger partial charge on any atom is -0.361 e. The summed E-state index contributed by atoms with van der Waals surface area (Å²) in [5.74, 6) is 1.46. The molecular weight excluding hydrogens is 302 g/mol. The second-order valence-electron chi connectivity index (χ2n) is 5.48. The molecule has 4 aromatic rings. The monoisotopic (exact) mass is 317 g/mol. The predicted molar refractivity (Wildman–Crippen MR) is 92.3 cm³/mol. The van der Waals surface area contributed by atoms with Gasteiger partial charge in [-0.3, -0.25) is 9.36 Å². The average Bonchev–Trinajstić information content (AvgIpc) is 3.23. The number of nitrogens with one attached hydrogen (secondary N) is 2. The summed E-state index contributed by atoms with van der Waals surface area (Å²) in [5, 5.41) is 3.87. The lowest BCUT2D eigenvalue weighted by Gasteiger charge is -2.07. The second-order valence-corrected chi connectivity index (χ2v) is 5.48. The smallest absolute Gasteiger partial charge is 0.255 e. The Morgan fingerprint density at radius 1 is 1.17 bits per heavy atom. The lowest BCUT2D eigenvalue weighted by atomic mass is 10.1. The average molecular weight is 317 g/mol. The lowest BCUT2D eigenvalue weighted by Crippen LogP contribution is -2.12. The number of benzene rings is 1. The van der Waals surface area contributed by atoms with Crippen LogP contribution in [0.2, 0.25) is 0 Å². The molecule has 6 heteroatoms. The van der Waals surface area contributed by atoms with E-state index in [-0.39, 0.29) is 5.91 Å². The van der Waals surface area contributed by atoms with Crippen LogP contribution < -0.4 is 5.32 Å². The number of hydrogen-bond donors (Lipinski definition) is 2. The van der Waals surface area contributed by atoms with E-state index in [1.54, 1.807) is 18.5 Å². The van der Waals surface area contributed by atoms with Crippen molar-refractivity contribution in [3.05, 3.63) is 72.6 Å². The summed E-state index contributed by atoms with van der Waals surface area (Å²) in [6.45, 7) is 1.91. The van der Waals surface area contributed by atoms with Crippen molar-refractivity contribution in [2.24, 2.45) is 0 Å². The molecule has 6 nitrogen and oxygen atoms in total. The van der Waals surface area contributed by atoms with Crippen LogP contribution in [0.1, 0.15) is 16.2 Å². The Balaban J connectivity index is 1.54. The maximum absolute atomic E-state index is 12.4. The number of fused-ring (bicyclic) bond motifs is 1. The zero-order chi connectivity index (χ0) is 16.5. The Hall–Kier alpha value is -3.41. The molecule has 0 unspecified atom stereocenters. The van der Waals surface area contributed by atoms with Gasteiger partial charge in [0.05, 0.1) is 11.9 Å². The normalized spacial score (nSPS) is 10.9. The Morgan fingerprint density at radius 2 is 2.08 bits per heavy atom. The van der Waals surface area contributed by atoms with Gasteiger partial charge in [0.1, 0.15) is 11.6 Å². The van der Waals surface area contributed by atoms with Crippen LogP contribution in [-0.2, 0) is 0 Å². The molecule has 1 amide bonds. The molecule has 0 saturated carbocycles. The summed E-state index contributed by atoms with van der Waals surface area (Å²) in [5.41, 5.74) is 2.26. The van der Waals surface area contributed by atoms with Crippen molar-refractivity contribution in [3.63, 3.8) is 0 Å². The van der Waals surface area contributed by atoms with Gasteiger partial charge in [-0.1, -0.05) is 0 Å². The van der Waals surface area contributed by atoms with Crippen molar-refractivity contribution in [2.45, 2.75) is 6.92 Å². The predicted octanol–water partition coefficient (Wildman–Crippen LogP) is 3.31. The summed E-state index contributed by atoms with van der Waals surface area (Å²) < 4.78 is 1.88. The molecule has 3 aromatic heterocycles. The van der Waals surface area contributed by atoms with Crippen LogP contribution in [0.15, 0.2) is 61.2 Å². The van der Waals surface area contributed by atoms with E-state index in [1.165, 1.54) is 0 Å². The van der Waals surface area contributed by atoms with Crippen molar-refractivity contribution in [1.82, 2.24) is 19.5 Å². The first-order chi connectivity index (χ1) is 11.7. The highest BCUT2D eigenvalue weighted by Gasteiger charge is 2.08. The molecule has 0 aliphatic heterocycles. The fourth-order valence-corrected chi connectivity index (χ4v) is 2.62. The number of aromatic amines is 1. The zero-order valence-corrected chi connectivity index (χ0v) is 13.0. The number of pyridine rings is 1. The summed E-state index contributed by atoms with van der Waals surface area (Å²) in [6, 6.07) is 11.2. The molecule has 0 spiro atoms. The van der Waals surface area contributed by atoms with Crippen LogP contribution in [0.25, 0.3) is 16.7 Å². The molecule has 3 heterocycles. The molecule has 118 valence electrons. The third kappa shape index (κ3) is 2.54. The lowest BCUT2D eigenvalue weighted by molar-refractivity contribution is 0.102. The van der Waals surface area contributed by atoms with Crippen LogP contribution in [0.5, 0.6) is 0 Å². The minimum absolute atomic E-state index is 0.161. The summed E-state index contributed by atoms with van der Waals surface area (Å²) in [4.78, 5) is 24.0. The van der Waals surface area contributed by atoms with Crippen molar-refractivity contribution in [2.75, 3.05) is 5.32 Å². The van der Waals surface area contributed by atoms with Crippen LogP contribution in [-0.4, -0.2) is 25.4 Å². The summed E-state index contributed by atoms with van der Waals surface area (Å²) in [7, 11) is 0. The minimum atomic E-state index is -0.161. The maximum atomic E-state index is 12.4. The number of amides is 1. The van der Waals surface area contributed by atoms with E-state index >= 15 is 0 Å². The van der Waals surface area contributed by atoms with E-state index in [9.17, 15) is 4.79 Å². The summed E-state index contributed by atoms with van der Waals surface area (Å²) >= 11 is 0. The molecule has 0 radical (unpaired) electrons. The Labute approximate surface area is 138 Å². The van der Waals surface area contributed by atoms with Gasteiger partial charge in [-0.25, -0.2) is 9.97 Å². The van der Waals surface area contributed by atoms with Crippen molar-refractivity contribution in [1.29, 1.82) is 0 Å². The third-order valence-electron chi connectivity index (χ3n) is 3.89. The van der Waals surface area contributed by atoms with E-state index in [2.05, 4.69) is 20.3 Å². The Bertz CT molecular complexity index is 1010. The number of H-pyrrole nitrogens is 1. The van der Waals surface area contributed by atoms with Crippen LogP contribution in [0.4, 0.5) is 5.69 Å². The molecule has 0 aliphatic rings. The standard InChI is InChI=1S/C18H15N5O/c1-12-19-8-9-23(12)17-5-3-15(11-21-17)22-18(24)14-2-4-16-13(10-14)6-7-20-16/h2-11,20H,1H3,(H,22,24). The largest absolute Gasteiger partial charge is 0.361 e. The molecule has 4 rings (SSSR count). The van der Waals surface area contributed by atoms with Gasteiger partial charge in [0.2, 0.25) is 0 Å². The number of anilines is 1. The number of hydrogen-bond acceptors (Lipinski definition) is 3.